The summed E-state index contributed by atoms with van der Waals surface area (Å²) in [6.07, 6.45) is 0.569. The van der Waals surface area contributed by atoms with Crippen molar-refractivity contribution in [3.8, 4) is 0 Å². The molecular formula is C34H35FeN4O4S2+. The van der Waals surface area contributed by atoms with E-state index in [1.165, 1.54) is 17.3 Å². The van der Waals surface area contributed by atoms with Gasteiger partial charge in [-0.2, -0.15) is 12.6 Å². The minimum Gasteiger partial charge on any atom is -0.657 e. The fourth-order valence-corrected chi connectivity index (χ4v) is 7.40. The van der Waals surface area contributed by atoms with Crippen molar-refractivity contribution in [2.24, 2.45) is 0 Å². The van der Waals surface area contributed by atoms with Crippen molar-refractivity contribution in [1.29, 1.82) is 0 Å². The molecule has 2 atom stereocenters. The number of rotatable bonds is 8. The Morgan fingerprint density at radius 3 is 2.02 bits per heavy atom. The number of fused-ring (bicyclic) bond motifs is 8. The molecule has 1 fully saturated rings. The molecule has 0 radical (unpaired) electrons. The van der Waals surface area contributed by atoms with Crippen molar-refractivity contribution < 1.29 is 36.9 Å². The van der Waals surface area contributed by atoms with E-state index in [1.807, 2.05) is 39.0 Å². The van der Waals surface area contributed by atoms with E-state index < -0.39 is 11.9 Å². The second kappa shape index (κ2) is 12.9. The molecule has 3 aliphatic heterocycles. The van der Waals surface area contributed by atoms with Gasteiger partial charge in [0.1, 0.15) is 0 Å². The molecule has 2 N–H and O–H groups in total. The Balaban J connectivity index is 0.00000400. The normalized spacial score (nSPS) is 16.5. The van der Waals surface area contributed by atoms with Crippen molar-refractivity contribution in [3.63, 3.8) is 0 Å². The molecule has 6 heterocycles. The van der Waals surface area contributed by atoms with Crippen LogP contribution in [0.4, 0.5) is 0 Å². The number of nitrogens with zero attached hydrogens (tertiary/aromatic N) is 4. The Hall–Kier alpha value is -3.24. The van der Waals surface area contributed by atoms with E-state index in [-0.39, 0.29) is 35.2 Å². The molecule has 3 aliphatic rings. The third-order valence-corrected chi connectivity index (χ3v) is 10.0. The van der Waals surface area contributed by atoms with Crippen LogP contribution in [0.3, 0.4) is 0 Å². The minimum absolute atomic E-state index is 0. The molecule has 8 nitrogen and oxygen atoms in total. The monoisotopic (exact) mass is 683 g/mol. The number of aliphatic carboxylic acids is 2. The van der Waals surface area contributed by atoms with E-state index in [9.17, 15) is 19.8 Å². The van der Waals surface area contributed by atoms with Gasteiger partial charge in [0.15, 0.2) is 11.0 Å². The van der Waals surface area contributed by atoms with Gasteiger partial charge >= 0.3 is 29.0 Å². The predicted molar refractivity (Wildman–Crippen MR) is 181 cm³/mol. The first-order chi connectivity index (χ1) is 20.9. The van der Waals surface area contributed by atoms with Gasteiger partial charge in [-0.25, -0.2) is 9.97 Å². The smallest absolute Gasteiger partial charge is 0.657 e. The van der Waals surface area contributed by atoms with Crippen LogP contribution < -0.4 is 9.97 Å². The second-order valence-electron chi connectivity index (χ2n) is 11.7. The largest absolute Gasteiger partial charge is 2.00 e. The number of carboxylic acid groups (broad SMARTS) is 2. The molecule has 3 aromatic rings. The molecule has 234 valence electrons. The molecule has 0 aliphatic carbocycles. The maximum absolute atomic E-state index is 11.6. The molecule has 1 saturated heterocycles. The summed E-state index contributed by atoms with van der Waals surface area (Å²) >= 11 is 6.19. The molecule has 0 aromatic carbocycles. The maximum atomic E-state index is 11.6. The fraction of sp³-hybridized carbons (Fsp3) is 0.353. The zero-order valence-corrected chi connectivity index (χ0v) is 28.6. The molecule has 0 amide bonds. The molecule has 0 saturated carbocycles. The number of hydrogen-bond donors (Lipinski definition) is 3. The zero-order valence-electron chi connectivity index (χ0n) is 25.7. The van der Waals surface area contributed by atoms with Crippen LogP contribution in [0.15, 0.2) is 24.3 Å². The van der Waals surface area contributed by atoms with Gasteiger partial charge in [-0.1, -0.05) is 41.0 Å². The zero-order chi connectivity index (χ0) is 31.4. The van der Waals surface area contributed by atoms with E-state index >= 15 is 0 Å². The van der Waals surface area contributed by atoms with Crippen LogP contribution in [0.2, 0.25) is 0 Å². The summed E-state index contributed by atoms with van der Waals surface area (Å²) in [5.74, 6) is -0.666. The van der Waals surface area contributed by atoms with Gasteiger partial charge in [-0.15, -0.1) is 22.1 Å². The van der Waals surface area contributed by atoms with Crippen LogP contribution in [0, 0.1) is 13.8 Å². The average Bonchev–Trinajstić information content (AvgIpc) is 3.49. The van der Waals surface area contributed by atoms with Crippen LogP contribution in [-0.2, 0) is 44.8 Å². The van der Waals surface area contributed by atoms with Crippen molar-refractivity contribution >= 4 is 80.7 Å². The van der Waals surface area contributed by atoms with E-state index in [2.05, 4.69) is 19.9 Å². The van der Waals surface area contributed by atoms with Crippen LogP contribution in [-0.4, -0.2) is 43.1 Å². The molecule has 45 heavy (non-hydrogen) atoms. The van der Waals surface area contributed by atoms with E-state index in [0.717, 1.165) is 78.4 Å². The Kier molecular flexibility index (Phi) is 9.47. The summed E-state index contributed by atoms with van der Waals surface area (Å²) in [4.78, 5) is 43.3. The first-order valence-electron chi connectivity index (χ1n) is 14.8. The van der Waals surface area contributed by atoms with Crippen LogP contribution >= 0.6 is 12.6 Å². The topological polar surface area (TPSA) is 129 Å². The van der Waals surface area contributed by atoms with Gasteiger partial charge in [0.25, 0.3) is 0 Å². The van der Waals surface area contributed by atoms with Gasteiger partial charge < -0.3 is 20.2 Å². The van der Waals surface area contributed by atoms with Gasteiger partial charge in [-0.05, 0) is 87.1 Å². The first-order valence-corrected chi connectivity index (χ1v) is 16.4. The van der Waals surface area contributed by atoms with Gasteiger partial charge in [0.05, 0.1) is 22.8 Å². The summed E-state index contributed by atoms with van der Waals surface area (Å²) in [6, 6.07) is 7.94. The second-order valence-corrected chi connectivity index (χ2v) is 13.9. The summed E-state index contributed by atoms with van der Waals surface area (Å²) < 4.78 is 0. The van der Waals surface area contributed by atoms with Crippen molar-refractivity contribution in [1.82, 2.24) is 19.9 Å². The molecule has 2 unspecified atom stereocenters. The average molecular weight is 684 g/mol. The minimum atomic E-state index is -0.884. The van der Waals surface area contributed by atoms with Crippen molar-refractivity contribution in [3.05, 3.63) is 69.3 Å². The van der Waals surface area contributed by atoms with E-state index in [1.54, 1.807) is 0 Å². The number of hydrogen-bond acceptors (Lipinski definition) is 5. The molecule has 11 heteroatoms. The third kappa shape index (κ3) is 6.41. The molecule has 0 spiro atoms. The van der Waals surface area contributed by atoms with Gasteiger partial charge in [0, 0.05) is 18.1 Å². The molecule has 3 aromatic heterocycles. The fourth-order valence-electron chi connectivity index (χ4n) is 6.28. The number of allylic oxidation sites excluding steroid dienone is 3. The summed E-state index contributed by atoms with van der Waals surface area (Å²) in [7, 11) is 0. The Labute approximate surface area is 282 Å². The summed E-state index contributed by atoms with van der Waals surface area (Å²) in [6.45, 7) is 10.2. The Bertz CT molecular complexity index is 1970. The number of thiol groups is 2. The maximum Gasteiger partial charge on any atom is 2.00 e. The van der Waals surface area contributed by atoms with Gasteiger partial charge in [-0.3, -0.25) is 9.59 Å². The third-order valence-electron chi connectivity index (χ3n) is 8.77. The number of aryl methyl sites for hydroxylation is 3. The molecule has 8 bridgehead atoms. The van der Waals surface area contributed by atoms with Crippen molar-refractivity contribution in [2.45, 2.75) is 70.8 Å². The van der Waals surface area contributed by atoms with Crippen LogP contribution in [0.1, 0.15) is 90.3 Å². The first kappa shape index (κ1) is 33.1. The SMILES string of the molecule is CC1=C(CCC(=O)O)c2cc3[n-]c(cc4nc(cc5[n-]c(cc1n2)c(C1C[SH+]1)c5C)C(C(C)S)=C4C)c(C)c3CCC(=O)O.[Fe+2]. The number of carbonyl (C=O) groups is 2. The Morgan fingerprint density at radius 1 is 0.844 bits per heavy atom. The molecule has 6 rings (SSSR count). The summed E-state index contributed by atoms with van der Waals surface area (Å²) in [5, 5.41) is 19.4. The quantitative estimate of drug-likeness (QED) is 0.112. The van der Waals surface area contributed by atoms with Crippen LogP contribution in [0.5, 0.6) is 0 Å². The number of carboxylic acids is 2. The van der Waals surface area contributed by atoms with Crippen LogP contribution in [0.25, 0.3) is 44.4 Å². The van der Waals surface area contributed by atoms with E-state index in [0.29, 0.717) is 29.3 Å². The molecular weight excluding hydrogens is 648 g/mol. The van der Waals surface area contributed by atoms with Crippen molar-refractivity contribution in [2.75, 3.05) is 5.75 Å². The predicted octanol–water partition coefficient (Wildman–Crippen LogP) is 6.12. The summed E-state index contributed by atoms with van der Waals surface area (Å²) in [5.41, 5.74) is 14.1. The van der Waals surface area contributed by atoms with Gasteiger partial charge in [0.2, 0.25) is 0 Å². The standard InChI is InChI=1S/C34H36N4O4S2.Fe/c1-15-20(6-8-31(39)40)26-13-27-21(7-9-32(41)42)16(2)23(36-27)11-29-34(30-14-44-30)18(4)25(38-29)12-28-33(19(5)43)17(3)24(37-28)10-22(15)35-26;/h10-13,19,30H,6-9,14H2,1-5H3,(H5,35,36,37,38,39,40,41,42,43);/q;+2/p-1. The Morgan fingerprint density at radius 2 is 1.38 bits per heavy atom. The number of aromatic nitrogens is 4. The van der Waals surface area contributed by atoms with E-state index in [4.69, 9.17) is 32.6 Å².